The zero-order chi connectivity index (χ0) is 12.4. The third-order valence-electron chi connectivity index (χ3n) is 2.13. The zero-order valence-electron chi connectivity index (χ0n) is 9.02. The molecule has 1 aromatic heterocycles. The number of hydrogen-bond donors (Lipinski definition) is 3. The van der Waals surface area contributed by atoms with Crippen LogP contribution in [-0.4, -0.2) is 29.9 Å². The number of hydrogen-bond acceptors (Lipinski definition) is 4. The van der Waals surface area contributed by atoms with Crippen LogP contribution in [0.1, 0.15) is 13.8 Å². The summed E-state index contributed by atoms with van der Waals surface area (Å²) in [5.41, 5.74) is 4.93. The van der Waals surface area contributed by atoms with Gasteiger partial charge in [0.15, 0.2) is 5.03 Å². The van der Waals surface area contributed by atoms with Crippen molar-refractivity contribution < 1.29 is 8.42 Å². The molecular formula is C8H14N4O2S2. The summed E-state index contributed by atoms with van der Waals surface area (Å²) in [7, 11) is -3.57. The van der Waals surface area contributed by atoms with Gasteiger partial charge in [0, 0.05) is 12.0 Å². The predicted octanol–water partition coefficient (Wildman–Crippen LogP) is 0.000300. The lowest BCUT2D eigenvalue weighted by Gasteiger charge is -2.22. The van der Waals surface area contributed by atoms with Crippen LogP contribution in [0.5, 0.6) is 0 Å². The van der Waals surface area contributed by atoms with Gasteiger partial charge in [0.05, 0.1) is 17.5 Å². The van der Waals surface area contributed by atoms with E-state index >= 15 is 0 Å². The van der Waals surface area contributed by atoms with Gasteiger partial charge in [-0.3, -0.25) is 0 Å². The average molecular weight is 262 g/mol. The lowest BCUT2D eigenvalue weighted by molar-refractivity contribution is 0.500. The number of H-pyrrole nitrogens is 1. The van der Waals surface area contributed by atoms with E-state index in [-0.39, 0.29) is 16.6 Å². The van der Waals surface area contributed by atoms with Crippen molar-refractivity contribution in [2.45, 2.75) is 18.9 Å². The minimum absolute atomic E-state index is 0.0197. The number of nitrogens with one attached hydrogen (secondary N) is 2. The number of aromatic nitrogens is 2. The van der Waals surface area contributed by atoms with Crippen molar-refractivity contribution in [3.63, 3.8) is 0 Å². The molecule has 0 fully saturated rings. The van der Waals surface area contributed by atoms with E-state index in [1.165, 1.54) is 12.5 Å². The molecule has 0 bridgehead atoms. The molecule has 0 saturated carbocycles. The number of thiocarbonyl (C=S) groups is 1. The third kappa shape index (κ3) is 3.00. The van der Waals surface area contributed by atoms with E-state index in [0.717, 1.165) is 0 Å². The van der Waals surface area contributed by atoms with E-state index in [1.54, 1.807) is 13.8 Å². The highest BCUT2D eigenvalue weighted by molar-refractivity contribution is 7.89. The van der Waals surface area contributed by atoms with Gasteiger partial charge in [0.25, 0.3) is 10.0 Å². The van der Waals surface area contributed by atoms with Crippen LogP contribution >= 0.6 is 12.2 Å². The molecule has 0 aliphatic rings. The third-order valence-corrected chi connectivity index (χ3v) is 4.01. The molecule has 0 amide bonds. The Balaban J connectivity index is 2.74. The molecule has 1 rings (SSSR count). The number of nitrogens with two attached hydrogens (primary N) is 1. The van der Waals surface area contributed by atoms with E-state index in [9.17, 15) is 8.42 Å². The number of sulfonamides is 1. The maximum atomic E-state index is 11.7. The van der Waals surface area contributed by atoms with E-state index in [1.807, 2.05) is 0 Å². The summed E-state index contributed by atoms with van der Waals surface area (Å²) in [5.74, 6) is 0. The number of aromatic amines is 1. The first kappa shape index (κ1) is 13.1. The fourth-order valence-electron chi connectivity index (χ4n) is 0.830. The molecule has 8 heteroatoms. The molecule has 0 radical (unpaired) electrons. The summed E-state index contributed by atoms with van der Waals surface area (Å²) in [5, 5.41) is 0.0197. The standard InChI is InChI=1S/C8H14N4O2S2/c1-8(2,7(9)15)4-12-16(13,14)6-3-10-5-11-6/h3,5,12H,4H2,1-2H3,(H2,9,15)(H,10,11). The van der Waals surface area contributed by atoms with Gasteiger partial charge in [-0.25, -0.2) is 18.1 Å². The topological polar surface area (TPSA) is 101 Å². The monoisotopic (exact) mass is 262 g/mol. The molecule has 0 aliphatic carbocycles. The smallest absolute Gasteiger partial charge is 0.257 e. The van der Waals surface area contributed by atoms with Gasteiger partial charge in [-0.05, 0) is 0 Å². The SMILES string of the molecule is CC(C)(CNS(=O)(=O)c1cnc[nH]1)C(N)=S. The van der Waals surface area contributed by atoms with Gasteiger partial charge < -0.3 is 10.7 Å². The van der Waals surface area contributed by atoms with Crippen molar-refractivity contribution in [1.29, 1.82) is 0 Å². The second-order valence-corrected chi connectivity index (χ2v) is 6.16. The predicted molar refractivity (Wildman–Crippen MR) is 64.3 cm³/mol. The normalized spacial score (nSPS) is 12.6. The van der Waals surface area contributed by atoms with Crippen molar-refractivity contribution in [3.8, 4) is 0 Å². The Morgan fingerprint density at radius 1 is 1.69 bits per heavy atom. The lowest BCUT2D eigenvalue weighted by Crippen LogP contribution is -2.41. The minimum atomic E-state index is -3.57. The van der Waals surface area contributed by atoms with Crippen molar-refractivity contribution in [1.82, 2.24) is 14.7 Å². The van der Waals surface area contributed by atoms with Crippen molar-refractivity contribution >= 4 is 27.2 Å². The van der Waals surface area contributed by atoms with Crippen molar-refractivity contribution in [2.75, 3.05) is 6.54 Å². The van der Waals surface area contributed by atoms with E-state index in [2.05, 4.69) is 14.7 Å². The first-order valence-corrected chi connectivity index (χ1v) is 6.43. The molecule has 16 heavy (non-hydrogen) atoms. The molecule has 0 atom stereocenters. The maximum absolute atomic E-state index is 11.7. The van der Waals surface area contributed by atoms with Gasteiger partial charge in [-0.15, -0.1) is 0 Å². The summed E-state index contributed by atoms with van der Waals surface area (Å²) in [4.78, 5) is 6.42. The van der Waals surface area contributed by atoms with Gasteiger partial charge in [0.1, 0.15) is 0 Å². The zero-order valence-corrected chi connectivity index (χ0v) is 10.7. The van der Waals surface area contributed by atoms with Crippen LogP contribution in [0.25, 0.3) is 0 Å². The molecule has 0 spiro atoms. The molecule has 0 aliphatic heterocycles. The van der Waals surface area contributed by atoms with Crippen LogP contribution in [0.4, 0.5) is 0 Å². The number of imidazole rings is 1. The molecule has 0 saturated heterocycles. The second-order valence-electron chi connectivity index (χ2n) is 3.99. The van der Waals surface area contributed by atoms with Gasteiger partial charge in [-0.2, -0.15) is 0 Å². The highest BCUT2D eigenvalue weighted by Crippen LogP contribution is 2.15. The molecular weight excluding hydrogens is 248 g/mol. The average Bonchev–Trinajstić information content (AvgIpc) is 2.68. The number of nitrogens with zero attached hydrogens (tertiary/aromatic N) is 1. The van der Waals surface area contributed by atoms with Crippen LogP contribution in [0, 0.1) is 5.41 Å². The lowest BCUT2D eigenvalue weighted by atomic mass is 9.94. The van der Waals surface area contributed by atoms with E-state index < -0.39 is 15.4 Å². The molecule has 6 nitrogen and oxygen atoms in total. The molecule has 0 aromatic carbocycles. The Hall–Kier alpha value is -0.990. The second kappa shape index (κ2) is 4.48. The Morgan fingerprint density at radius 3 is 2.75 bits per heavy atom. The van der Waals surface area contributed by atoms with Gasteiger partial charge >= 0.3 is 0 Å². The summed E-state index contributed by atoms with van der Waals surface area (Å²) >= 11 is 4.84. The molecule has 1 heterocycles. The van der Waals surface area contributed by atoms with Crippen LogP contribution < -0.4 is 10.5 Å². The van der Waals surface area contributed by atoms with Gasteiger partial charge in [0.2, 0.25) is 0 Å². The Morgan fingerprint density at radius 2 is 2.31 bits per heavy atom. The summed E-state index contributed by atoms with van der Waals surface area (Å²) in [6.07, 6.45) is 2.53. The molecule has 4 N–H and O–H groups in total. The number of rotatable bonds is 5. The Bertz CT molecular complexity index is 464. The van der Waals surface area contributed by atoms with Crippen LogP contribution in [0.3, 0.4) is 0 Å². The van der Waals surface area contributed by atoms with Crippen molar-refractivity contribution in [2.24, 2.45) is 11.1 Å². The largest absolute Gasteiger partial charge is 0.393 e. The van der Waals surface area contributed by atoms with Gasteiger partial charge in [-0.1, -0.05) is 26.1 Å². The maximum Gasteiger partial charge on any atom is 0.257 e. The van der Waals surface area contributed by atoms with E-state index in [4.69, 9.17) is 18.0 Å². The summed E-state index contributed by atoms with van der Waals surface area (Å²) in [6, 6.07) is 0. The highest BCUT2D eigenvalue weighted by Gasteiger charge is 2.25. The Labute approximate surface area is 99.7 Å². The van der Waals surface area contributed by atoms with Crippen LogP contribution in [-0.2, 0) is 10.0 Å². The molecule has 0 unspecified atom stereocenters. The summed E-state index contributed by atoms with van der Waals surface area (Å²) in [6.45, 7) is 3.68. The summed E-state index contributed by atoms with van der Waals surface area (Å²) < 4.78 is 25.8. The highest BCUT2D eigenvalue weighted by atomic mass is 32.2. The molecule has 90 valence electrons. The van der Waals surface area contributed by atoms with Crippen LogP contribution in [0.15, 0.2) is 17.6 Å². The molecule has 1 aromatic rings. The fraction of sp³-hybridized carbons (Fsp3) is 0.500. The van der Waals surface area contributed by atoms with Crippen molar-refractivity contribution in [3.05, 3.63) is 12.5 Å². The minimum Gasteiger partial charge on any atom is -0.393 e. The van der Waals surface area contributed by atoms with Crippen LogP contribution in [0.2, 0.25) is 0 Å². The fourth-order valence-corrected chi connectivity index (χ4v) is 2.02. The quantitative estimate of drug-likeness (QED) is 0.648. The Kier molecular flexibility index (Phi) is 3.66. The first-order valence-electron chi connectivity index (χ1n) is 4.54. The first-order chi connectivity index (χ1) is 7.26. The van der Waals surface area contributed by atoms with E-state index in [0.29, 0.717) is 0 Å².